The van der Waals surface area contributed by atoms with Gasteiger partial charge in [-0.3, -0.25) is 4.79 Å². The molecule has 1 heterocycles. The topological polar surface area (TPSA) is 112 Å². The molecular formula is C28H26N4O4. The molecule has 0 bridgehead atoms. The van der Waals surface area contributed by atoms with E-state index in [1.807, 2.05) is 44.2 Å². The van der Waals surface area contributed by atoms with Gasteiger partial charge >= 0.3 is 12.0 Å². The first-order valence-corrected chi connectivity index (χ1v) is 11.5. The van der Waals surface area contributed by atoms with E-state index in [-0.39, 0.29) is 11.8 Å². The number of anilines is 2. The quantitative estimate of drug-likeness (QED) is 0.479. The second-order valence-corrected chi connectivity index (χ2v) is 8.86. The van der Waals surface area contributed by atoms with E-state index < -0.39 is 18.0 Å². The molecule has 0 aromatic heterocycles. The van der Waals surface area contributed by atoms with E-state index in [4.69, 9.17) is 10.00 Å². The van der Waals surface area contributed by atoms with Gasteiger partial charge in [-0.25, -0.2) is 9.59 Å². The fraction of sp³-hybridized carbons (Fsp3) is 0.214. The second kappa shape index (κ2) is 10.3. The normalized spacial score (nSPS) is 13.1. The van der Waals surface area contributed by atoms with E-state index in [2.05, 4.69) is 10.6 Å². The number of carbonyl (C=O) groups is 3. The standard InChI is InChI=1S/C28H26N4O4/c1-17(2)25(27(34)36-3)32-16-21-14-20(8-13-24(21)26(32)33)19-6-11-23(12-7-19)31-28(35)30-22-9-4-18(15-29)5-10-22/h4-14,17,25H,16H2,1-3H3,(H2,30,31,35)/t25-/m0/s1. The number of nitriles is 1. The molecule has 1 aliphatic heterocycles. The van der Waals surface area contributed by atoms with Gasteiger partial charge in [0.25, 0.3) is 5.91 Å². The number of nitrogens with zero attached hydrogens (tertiary/aromatic N) is 2. The Bertz CT molecular complexity index is 1340. The van der Waals surface area contributed by atoms with Gasteiger partial charge in [0.2, 0.25) is 0 Å². The Morgan fingerprint density at radius 1 is 0.944 bits per heavy atom. The SMILES string of the molecule is COC(=O)[C@H](C(C)C)N1Cc2cc(-c3ccc(NC(=O)Nc4ccc(C#N)cc4)cc3)ccc2C1=O. The number of hydrogen-bond donors (Lipinski definition) is 2. The number of fused-ring (bicyclic) bond motifs is 1. The van der Waals surface area contributed by atoms with E-state index in [1.165, 1.54) is 7.11 Å². The summed E-state index contributed by atoms with van der Waals surface area (Å²) in [5.41, 5.74) is 5.01. The Hall–Kier alpha value is -4.64. The molecule has 0 saturated heterocycles. The van der Waals surface area contributed by atoms with Gasteiger partial charge in [-0.05, 0) is 71.1 Å². The van der Waals surface area contributed by atoms with Crippen LogP contribution in [0.25, 0.3) is 11.1 Å². The molecule has 182 valence electrons. The molecule has 3 amide bonds. The Balaban J connectivity index is 1.45. The highest BCUT2D eigenvalue weighted by atomic mass is 16.5. The summed E-state index contributed by atoms with van der Waals surface area (Å²) in [5.74, 6) is -0.671. The summed E-state index contributed by atoms with van der Waals surface area (Å²) >= 11 is 0. The molecule has 1 aliphatic rings. The van der Waals surface area contributed by atoms with E-state index in [1.54, 1.807) is 47.4 Å². The van der Waals surface area contributed by atoms with Gasteiger partial charge in [-0.15, -0.1) is 0 Å². The molecule has 3 aromatic carbocycles. The Labute approximate surface area is 209 Å². The molecule has 8 nitrogen and oxygen atoms in total. The van der Waals surface area contributed by atoms with E-state index in [0.29, 0.717) is 29.0 Å². The van der Waals surface area contributed by atoms with Crippen molar-refractivity contribution in [3.63, 3.8) is 0 Å². The largest absolute Gasteiger partial charge is 0.467 e. The fourth-order valence-corrected chi connectivity index (χ4v) is 4.30. The minimum atomic E-state index is -0.640. The first kappa shape index (κ1) is 24.5. The van der Waals surface area contributed by atoms with Gasteiger partial charge in [0.15, 0.2) is 0 Å². The van der Waals surface area contributed by atoms with Gasteiger partial charge in [0.05, 0.1) is 18.7 Å². The lowest BCUT2D eigenvalue weighted by Crippen LogP contribution is -2.45. The summed E-state index contributed by atoms with van der Waals surface area (Å²) in [7, 11) is 1.33. The predicted molar refractivity (Wildman–Crippen MR) is 136 cm³/mol. The molecule has 0 spiro atoms. The van der Waals surface area contributed by atoms with Crippen LogP contribution < -0.4 is 10.6 Å². The summed E-state index contributed by atoms with van der Waals surface area (Å²) in [5, 5.41) is 14.4. The average Bonchev–Trinajstić information content (AvgIpc) is 3.19. The molecule has 1 atom stereocenters. The van der Waals surface area contributed by atoms with Crippen molar-refractivity contribution in [1.29, 1.82) is 5.26 Å². The van der Waals surface area contributed by atoms with Crippen molar-refractivity contribution in [2.24, 2.45) is 5.92 Å². The highest BCUT2D eigenvalue weighted by molar-refractivity contribution is 6.01. The fourth-order valence-electron chi connectivity index (χ4n) is 4.30. The third kappa shape index (κ3) is 5.05. The van der Waals surface area contributed by atoms with Crippen LogP contribution >= 0.6 is 0 Å². The van der Waals surface area contributed by atoms with Crippen LogP contribution in [0.5, 0.6) is 0 Å². The lowest BCUT2D eigenvalue weighted by atomic mass is 10.0. The van der Waals surface area contributed by atoms with Crippen molar-refractivity contribution >= 4 is 29.3 Å². The Morgan fingerprint density at radius 2 is 1.53 bits per heavy atom. The second-order valence-electron chi connectivity index (χ2n) is 8.86. The number of nitrogens with one attached hydrogen (secondary N) is 2. The zero-order valence-electron chi connectivity index (χ0n) is 20.2. The number of rotatable bonds is 6. The molecule has 0 unspecified atom stereocenters. The summed E-state index contributed by atoms with van der Waals surface area (Å²) in [6.07, 6.45) is 0. The van der Waals surface area contributed by atoms with Gasteiger partial charge in [-0.2, -0.15) is 5.26 Å². The molecule has 0 aliphatic carbocycles. The van der Waals surface area contributed by atoms with Crippen LogP contribution in [0.2, 0.25) is 0 Å². The molecule has 0 fully saturated rings. The maximum Gasteiger partial charge on any atom is 0.328 e. The number of amides is 3. The van der Waals surface area contributed by atoms with Crippen LogP contribution in [-0.2, 0) is 16.1 Å². The Morgan fingerprint density at radius 3 is 2.08 bits per heavy atom. The minimum absolute atomic E-state index is 0.0793. The number of urea groups is 1. The highest BCUT2D eigenvalue weighted by Gasteiger charge is 2.38. The summed E-state index contributed by atoms with van der Waals surface area (Å²) in [4.78, 5) is 39.1. The van der Waals surface area contributed by atoms with Crippen molar-refractivity contribution in [2.75, 3.05) is 17.7 Å². The summed E-state index contributed by atoms with van der Waals surface area (Å²) in [6, 6.07) is 20.6. The first-order valence-electron chi connectivity index (χ1n) is 11.5. The summed E-state index contributed by atoms with van der Waals surface area (Å²) in [6.45, 7) is 4.13. The zero-order chi connectivity index (χ0) is 25.8. The molecule has 3 aromatic rings. The van der Waals surface area contributed by atoms with Crippen LogP contribution in [0, 0.1) is 17.2 Å². The van der Waals surface area contributed by atoms with Crippen molar-refractivity contribution < 1.29 is 19.1 Å². The Kier molecular flexibility index (Phi) is 7.02. The maximum absolute atomic E-state index is 13.0. The smallest absolute Gasteiger partial charge is 0.328 e. The number of hydrogen-bond acceptors (Lipinski definition) is 5. The summed E-state index contributed by atoms with van der Waals surface area (Å²) < 4.78 is 4.93. The molecule has 2 N–H and O–H groups in total. The van der Waals surface area contributed by atoms with E-state index >= 15 is 0 Å². The van der Waals surface area contributed by atoms with Crippen LogP contribution in [0.15, 0.2) is 66.7 Å². The molecular weight excluding hydrogens is 456 g/mol. The first-order chi connectivity index (χ1) is 17.3. The van der Waals surface area contributed by atoms with Crippen molar-refractivity contribution in [2.45, 2.75) is 26.4 Å². The number of benzene rings is 3. The van der Waals surface area contributed by atoms with Crippen LogP contribution in [0.1, 0.15) is 35.3 Å². The van der Waals surface area contributed by atoms with Gasteiger partial charge < -0.3 is 20.3 Å². The predicted octanol–water partition coefficient (Wildman–Crippen LogP) is 5.02. The minimum Gasteiger partial charge on any atom is -0.467 e. The third-order valence-corrected chi connectivity index (χ3v) is 6.10. The van der Waals surface area contributed by atoms with E-state index in [0.717, 1.165) is 16.7 Å². The number of methoxy groups -OCH3 is 1. The van der Waals surface area contributed by atoms with Gasteiger partial charge in [0, 0.05) is 23.5 Å². The highest BCUT2D eigenvalue weighted by Crippen LogP contribution is 2.32. The number of carbonyl (C=O) groups excluding carboxylic acids is 3. The lowest BCUT2D eigenvalue weighted by Gasteiger charge is -2.28. The van der Waals surface area contributed by atoms with Gasteiger partial charge in [-0.1, -0.05) is 32.0 Å². The van der Waals surface area contributed by atoms with Crippen molar-refractivity contribution in [3.05, 3.63) is 83.4 Å². The monoisotopic (exact) mass is 482 g/mol. The zero-order valence-corrected chi connectivity index (χ0v) is 20.2. The molecule has 36 heavy (non-hydrogen) atoms. The van der Waals surface area contributed by atoms with Crippen LogP contribution in [0.4, 0.5) is 16.2 Å². The third-order valence-electron chi connectivity index (χ3n) is 6.10. The van der Waals surface area contributed by atoms with Crippen molar-refractivity contribution in [1.82, 2.24) is 4.90 Å². The molecule has 0 radical (unpaired) electrons. The maximum atomic E-state index is 13.0. The van der Waals surface area contributed by atoms with Crippen LogP contribution in [0.3, 0.4) is 0 Å². The van der Waals surface area contributed by atoms with Gasteiger partial charge in [0.1, 0.15) is 6.04 Å². The number of esters is 1. The number of ether oxygens (including phenoxy) is 1. The van der Waals surface area contributed by atoms with Crippen molar-refractivity contribution in [3.8, 4) is 17.2 Å². The molecule has 8 heteroatoms. The lowest BCUT2D eigenvalue weighted by molar-refractivity contribution is -0.147. The molecule has 0 saturated carbocycles. The average molecular weight is 483 g/mol. The molecule has 4 rings (SSSR count). The van der Waals surface area contributed by atoms with E-state index in [9.17, 15) is 14.4 Å². The van der Waals surface area contributed by atoms with Crippen LogP contribution in [-0.4, -0.2) is 36.0 Å².